The van der Waals surface area contributed by atoms with Crippen LogP contribution in [0.15, 0.2) is 46.1 Å². The number of halogens is 3. The Kier molecular flexibility index (Phi) is 8.42. The minimum atomic E-state index is -4.80. The average Bonchev–Trinajstić information content (AvgIpc) is 3.13. The number of alkyl halides is 3. The number of ether oxygens (including phenoxy) is 3. The molecule has 204 valence electrons. The zero-order chi connectivity index (χ0) is 27.8. The first-order chi connectivity index (χ1) is 17.0. The molecule has 0 unspecified atom stereocenters. The van der Waals surface area contributed by atoms with Gasteiger partial charge in [0.15, 0.2) is 20.6 Å². The number of thiocarbonyl (C=S) groups is 1. The van der Waals surface area contributed by atoms with E-state index in [9.17, 15) is 22.8 Å². The van der Waals surface area contributed by atoms with Crippen molar-refractivity contribution in [1.29, 1.82) is 0 Å². The molecular formula is C24H31F3N2O6SSi. The molecule has 0 radical (unpaired) electrons. The second kappa shape index (κ2) is 10.7. The van der Waals surface area contributed by atoms with Gasteiger partial charge in [0.25, 0.3) is 5.56 Å². The van der Waals surface area contributed by atoms with E-state index >= 15 is 0 Å². The lowest BCUT2D eigenvalue weighted by molar-refractivity contribution is -0.203. The molecule has 0 bridgehead atoms. The van der Waals surface area contributed by atoms with E-state index < -0.39 is 55.3 Å². The van der Waals surface area contributed by atoms with Gasteiger partial charge in [-0.1, -0.05) is 39.0 Å². The van der Waals surface area contributed by atoms with Crippen molar-refractivity contribution in [3.63, 3.8) is 0 Å². The minimum Gasteiger partial charge on any atom is -0.448 e. The monoisotopic (exact) mass is 560 g/mol. The van der Waals surface area contributed by atoms with Gasteiger partial charge >= 0.3 is 17.1 Å². The van der Waals surface area contributed by atoms with Gasteiger partial charge in [-0.3, -0.25) is 14.3 Å². The molecule has 2 aromatic rings. The third-order valence-electron chi connectivity index (χ3n) is 6.74. The fourth-order valence-electron chi connectivity index (χ4n) is 3.63. The van der Waals surface area contributed by atoms with Crippen LogP contribution in [0, 0.1) is 12.8 Å². The number of H-pyrrole nitrogens is 1. The van der Waals surface area contributed by atoms with Gasteiger partial charge in [-0.15, -0.1) is 0 Å². The third kappa shape index (κ3) is 6.70. The summed E-state index contributed by atoms with van der Waals surface area (Å²) in [5.74, 6) is -1.94. The number of nitrogens with one attached hydrogen (secondary N) is 1. The maximum absolute atomic E-state index is 14.5. The Balaban J connectivity index is 2.00. The Labute approximate surface area is 218 Å². The van der Waals surface area contributed by atoms with Crippen LogP contribution in [-0.2, 0) is 13.9 Å². The molecule has 1 aromatic carbocycles. The number of nitrogens with zero attached hydrogens (tertiary/aromatic N) is 1. The Morgan fingerprint density at radius 1 is 1.16 bits per heavy atom. The summed E-state index contributed by atoms with van der Waals surface area (Å²) in [5.41, 5.74) is -1.50. The minimum absolute atomic E-state index is 0.106. The molecule has 13 heteroatoms. The molecule has 0 saturated carbocycles. The second-order valence-corrected chi connectivity index (χ2v) is 15.6. The summed E-state index contributed by atoms with van der Waals surface area (Å²) in [6.07, 6.45) is -8.55. The van der Waals surface area contributed by atoms with Gasteiger partial charge in [0, 0.05) is 24.0 Å². The van der Waals surface area contributed by atoms with Crippen molar-refractivity contribution in [3.8, 4) is 5.75 Å². The van der Waals surface area contributed by atoms with Crippen molar-refractivity contribution < 1.29 is 31.8 Å². The van der Waals surface area contributed by atoms with Crippen LogP contribution >= 0.6 is 12.2 Å². The highest BCUT2D eigenvalue weighted by atomic mass is 32.1. The molecule has 0 spiro atoms. The summed E-state index contributed by atoms with van der Waals surface area (Å²) < 4.78 is 67.2. The molecule has 1 N–H and O–H groups in total. The van der Waals surface area contributed by atoms with Crippen molar-refractivity contribution in [2.24, 2.45) is 5.92 Å². The zero-order valence-corrected chi connectivity index (χ0v) is 23.2. The Bertz CT molecular complexity index is 1230. The molecule has 37 heavy (non-hydrogen) atoms. The van der Waals surface area contributed by atoms with E-state index in [4.69, 9.17) is 30.9 Å². The number of para-hydroxylation sites is 1. The van der Waals surface area contributed by atoms with Gasteiger partial charge in [0.1, 0.15) is 11.7 Å². The summed E-state index contributed by atoms with van der Waals surface area (Å²) in [5, 5.41) is -0.827. The second-order valence-electron chi connectivity index (χ2n) is 10.4. The van der Waals surface area contributed by atoms with Crippen LogP contribution in [0.3, 0.4) is 0 Å². The van der Waals surface area contributed by atoms with Gasteiger partial charge in [-0.05, 0) is 37.2 Å². The molecular weight excluding hydrogens is 529 g/mol. The topological polar surface area (TPSA) is 91.8 Å². The molecule has 4 atom stereocenters. The summed E-state index contributed by atoms with van der Waals surface area (Å²) >= 11 is 5.11. The highest BCUT2D eigenvalue weighted by Crippen LogP contribution is 2.46. The Morgan fingerprint density at radius 2 is 1.78 bits per heavy atom. The smallest absolute Gasteiger partial charge is 0.398 e. The van der Waals surface area contributed by atoms with Crippen LogP contribution in [0.5, 0.6) is 5.75 Å². The first kappa shape index (κ1) is 29.1. The van der Waals surface area contributed by atoms with E-state index in [1.807, 2.05) is 33.9 Å². The van der Waals surface area contributed by atoms with Crippen LogP contribution in [0.1, 0.15) is 32.6 Å². The molecule has 1 aromatic heterocycles. The average molecular weight is 561 g/mol. The van der Waals surface area contributed by atoms with Crippen LogP contribution in [0.25, 0.3) is 0 Å². The number of aryl methyl sites for hydroxylation is 1. The summed E-state index contributed by atoms with van der Waals surface area (Å²) in [4.78, 5) is 26.6. The quantitative estimate of drug-likeness (QED) is 0.405. The lowest BCUT2D eigenvalue weighted by Gasteiger charge is -2.37. The first-order valence-electron chi connectivity index (χ1n) is 11.6. The molecule has 2 heterocycles. The van der Waals surface area contributed by atoms with E-state index in [0.29, 0.717) is 0 Å². The van der Waals surface area contributed by atoms with Crippen LogP contribution in [-0.4, -0.2) is 48.1 Å². The fourth-order valence-corrected chi connectivity index (χ4v) is 4.85. The highest BCUT2D eigenvalue weighted by molar-refractivity contribution is 7.79. The predicted molar refractivity (Wildman–Crippen MR) is 137 cm³/mol. The standard InChI is InChI=1S/C24H31F3N2O6SSi/c1-14-12-29(21(31)28-19(14)30)20-18(35-22(36)33-15-10-8-7-9-11-15)17(24(25,26)27)16(34-20)13-32-37(5,6)23(2,3)4/h7-12,16-18,20H,13H2,1-6H3,(H,28,30,31)/t16-,17-,18-,20-/m1/s1. The molecule has 1 aliphatic heterocycles. The fraction of sp³-hybridized carbons (Fsp3) is 0.542. The maximum Gasteiger partial charge on any atom is 0.398 e. The number of rotatable bonds is 6. The summed E-state index contributed by atoms with van der Waals surface area (Å²) in [7, 11) is -2.45. The Morgan fingerprint density at radius 3 is 2.35 bits per heavy atom. The summed E-state index contributed by atoms with van der Waals surface area (Å²) in [6.45, 7) is 10.8. The van der Waals surface area contributed by atoms with Crippen LogP contribution in [0.2, 0.25) is 18.1 Å². The van der Waals surface area contributed by atoms with Gasteiger partial charge in [-0.2, -0.15) is 13.2 Å². The lowest BCUT2D eigenvalue weighted by atomic mass is 9.97. The van der Waals surface area contributed by atoms with Crippen molar-refractivity contribution >= 4 is 25.8 Å². The summed E-state index contributed by atoms with van der Waals surface area (Å²) in [6, 6.07) is 8.18. The molecule has 1 saturated heterocycles. The maximum atomic E-state index is 14.5. The van der Waals surface area contributed by atoms with E-state index in [1.54, 1.807) is 30.3 Å². The largest absolute Gasteiger partial charge is 0.448 e. The van der Waals surface area contributed by atoms with Gasteiger partial charge in [-0.25, -0.2) is 4.79 Å². The number of aromatic amines is 1. The zero-order valence-electron chi connectivity index (χ0n) is 21.4. The Hall–Kier alpha value is -2.48. The normalized spacial score (nSPS) is 22.6. The lowest BCUT2D eigenvalue weighted by Crippen LogP contribution is -2.47. The molecule has 3 rings (SSSR count). The van der Waals surface area contributed by atoms with Crippen molar-refractivity contribution in [2.75, 3.05) is 6.61 Å². The predicted octanol–water partition coefficient (Wildman–Crippen LogP) is 4.69. The van der Waals surface area contributed by atoms with Crippen molar-refractivity contribution in [1.82, 2.24) is 9.55 Å². The molecule has 0 amide bonds. The van der Waals surface area contributed by atoms with Gasteiger partial charge in [0.05, 0.1) is 12.7 Å². The number of hydrogen-bond donors (Lipinski definition) is 1. The van der Waals surface area contributed by atoms with Crippen molar-refractivity contribution in [3.05, 3.63) is 62.9 Å². The molecule has 0 aliphatic carbocycles. The van der Waals surface area contributed by atoms with Gasteiger partial charge in [0.2, 0.25) is 0 Å². The van der Waals surface area contributed by atoms with E-state index in [0.717, 1.165) is 10.8 Å². The van der Waals surface area contributed by atoms with Crippen LogP contribution in [0.4, 0.5) is 13.2 Å². The van der Waals surface area contributed by atoms with Crippen LogP contribution < -0.4 is 16.0 Å². The third-order valence-corrected chi connectivity index (χ3v) is 11.4. The van der Waals surface area contributed by atoms with E-state index in [-0.39, 0.29) is 23.0 Å². The highest BCUT2D eigenvalue weighted by Gasteiger charge is 2.60. The van der Waals surface area contributed by atoms with Gasteiger partial charge < -0.3 is 18.6 Å². The molecule has 8 nitrogen and oxygen atoms in total. The number of benzene rings is 1. The van der Waals surface area contributed by atoms with E-state index in [1.165, 1.54) is 6.92 Å². The molecule has 1 fully saturated rings. The first-order valence-corrected chi connectivity index (χ1v) is 14.9. The number of hydrogen-bond acceptors (Lipinski definition) is 7. The SMILES string of the molecule is Cc1cn([C@@H]2O[C@H](CO[Si](C)(C)C(C)(C)C)[C@@H](C(F)(F)F)[C@H]2OC(=S)Oc2ccccc2)c(=O)[nH]c1=O. The van der Waals surface area contributed by atoms with E-state index in [2.05, 4.69) is 4.98 Å². The number of aromatic nitrogens is 2. The van der Waals surface area contributed by atoms with Crippen molar-refractivity contribution in [2.45, 2.75) is 70.4 Å². The molecule has 1 aliphatic rings.